The monoisotopic (exact) mass is 354 g/mol. The van der Waals surface area contributed by atoms with E-state index in [4.69, 9.17) is 11.6 Å². The van der Waals surface area contributed by atoms with Crippen LogP contribution in [0.1, 0.15) is 15.9 Å². The van der Waals surface area contributed by atoms with Crippen molar-refractivity contribution in [1.29, 1.82) is 0 Å². The zero-order chi connectivity index (χ0) is 13.7. The normalized spacial score (nSPS) is 9.45. The number of halogens is 2. The lowest BCUT2D eigenvalue weighted by molar-refractivity contribution is -0.378. The lowest BCUT2D eigenvalue weighted by Gasteiger charge is -2.03. The zero-order valence-electron chi connectivity index (χ0n) is 10.4. The van der Waals surface area contributed by atoms with Crippen molar-refractivity contribution in [3.05, 3.63) is 64.9 Å². The van der Waals surface area contributed by atoms with E-state index >= 15 is 0 Å². The van der Waals surface area contributed by atoms with Gasteiger partial charge in [0.05, 0.1) is 6.42 Å². The molecule has 2 aromatic rings. The Morgan fingerprint density at radius 2 is 1.85 bits per heavy atom. The summed E-state index contributed by atoms with van der Waals surface area (Å²) in [5.74, 6) is -0.771. The summed E-state index contributed by atoms with van der Waals surface area (Å²) in [5, 5.41) is 2.94. The second kappa shape index (κ2) is 7.77. The molecule has 104 valence electrons. The van der Waals surface area contributed by atoms with Crippen molar-refractivity contribution < 1.29 is 31.6 Å². The summed E-state index contributed by atoms with van der Waals surface area (Å²) in [6.45, 7) is 0. The number of carbonyl (C=O) groups excluding carboxylic acids is 2. The largest absolute Gasteiger partial charge is 1.00 e. The second-order valence-electron chi connectivity index (χ2n) is 3.97. The number of aromatic nitrogens is 1. The fourth-order valence-corrected chi connectivity index (χ4v) is 1.69. The maximum absolute atomic E-state index is 11.7. The van der Waals surface area contributed by atoms with Gasteiger partial charge in [-0.3, -0.25) is 14.9 Å². The van der Waals surface area contributed by atoms with Gasteiger partial charge in [0.25, 0.3) is 5.91 Å². The molecule has 1 aromatic heterocycles. The van der Waals surface area contributed by atoms with Crippen LogP contribution in [0.3, 0.4) is 0 Å². The van der Waals surface area contributed by atoms with Gasteiger partial charge in [-0.15, -0.1) is 0 Å². The first-order valence-corrected chi connectivity index (χ1v) is 6.08. The topological polar surface area (TPSA) is 60.3 Å². The minimum atomic E-state index is -0.421. The van der Waals surface area contributed by atoms with Crippen LogP contribution >= 0.6 is 11.6 Å². The highest BCUT2D eigenvalue weighted by molar-refractivity contribution is 6.30. The van der Waals surface area contributed by atoms with Crippen molar-refractivity contribution in [1.82, 2.24) is 5.32 Å². The second-order valence-corrected chi connectivity index (χ2v) is 4.41. The molecule has 1 aromatic carbocycles. The molecule has 0 aliphatic heterocycles. The van der Waals surface area contributed by atoms with Crippen molar-refractivity contribution in [2.24, 2.45) is 0 Å². The Morgan fingerprint density at radius 3 is 2.45 bits per heavy atom. The Balaban J connectivity index is 0.00000200. The minimum Gasteiger partial charge on any atom is -1.00 e. The predicted molar refractivity (Wildman–Crippen MR) is 70.6 cm³/mol. The van der Waals surface area contributed by atoms with E-state index in [-0.39, 0.29) is 29.3 Å². The van der Waals surface area contributed by atoms with E-state index in [0.29, 0.717) is 10.6 Å². The summed E-state index contributed by atoms with van der Waals surface area (Å²) in [6, 6.07) is 10.2. The van der Waals surface area contributed by atoms with Crippen molar-refractivity contribution in [3.8, 4) is 0 Å². The first kappa shape index (κ1) is 16.3. The van der Waals surface area contributed by atoms with Crippen LogP contribution in [-0.2, 0) is 11.2 Å². The fraction of sp³-hybridized carbons (Fsp3) is 0.0714. The van der Waals surface area contributed by atoms with Gasteiger partial charge in [-0.1, -0.05) is 23.7 Å². The molecule has 0 bridgehead atoms. The first-order valence-electron chi connectivity index (χ1n) is 5.70. The Bertz CT molecular complexity index is 588. The van der Waals surface area contributed by atoms with Crippen LogP contribution < -0.4 is 27.3 Å². The number of amides is 2. The smallest absolute Gasteiger partial charge is 0.263 e. The fourth-order valence-electron chi connectivity index (χ4n) is 1.57. The first-order chi connectivity index (χ1) is 9.15. The van der Waals surface area contributed by atoms with Gasteiger partial charge in [0, 0.05) is 11.1 Å². The summed E-state index contributed by atoms with van der Waals surface area (Å²) in [7, 11) is 0. The molecule has 2 amide bonds. The molecule has 0 aliphatic carbocycles. The Hall–Kier alpha value is -1.72. The number of hydrogen-bond donors (Lipinski definition) is 1. The van der Waals surface area contributed by atoms with Crippen LogP contribution in [0.2, 0.25) is 5.02 Å². The van der Waals surface area contributed by atoms with Crippen molar-refractivity contribution >= 4 is 23.4 Å². The van der Waals surface area contributed by atoms with Crippen LogP contribution in [0, 0.1) is 0 Å². The third-order valence-electron chi connectivity index (χ3n) is 2.50. The summed E-state index contributed by atoms with van der Waals surface area (Å²) in [6.07, 6.45) is 3.36. The van der Waals surface area contributed by atoms with E-state index in [1.54, 1.807) is 42.6 Å². The molecule has 0 atom stereocenters. The maximum atomic E-state index is 11.7. The van der Waals surface area contributed by atoms with Gasteiger partial charge in [-0.25, -0.2) is 4.98 Å². The number of aromatic amines is 1. The van der Waals surface area contributed by atoms with Gasteiger partial charge >= 0.3 is 0 Å². The molecule has 4 nitrogen and oxygen atoms in total. The summed E-state index contributed by atoms with van der Waals surface area (Å²) >= 11 is 5.75. The zero-order valence-corrected chi connectivity index (χ0v) is 12.7. The van der Waals surface area contributed by atoms with E-state index in [1.807, 2.05) is 0 Å². The number of benzene rings is 1. The molecular weight excluding hydrogens is 344 g/mol. The lowest BCUT2D eigenvalue weighted by atomic mass is 10.1. The highest BCUT2D eigenvalue weighted by Crippen LogP contribution is 2.09. The van der Waals surface area contributed by atoms with Gasteiger partial charge in [0.15, 0.2) is 12.4 Å². The molecule has 0 spiro atoms. The molecule has 0 aliphatic rings. The SMILES string of the molecule is O=C(Cc1ccc(Cl)cc1)NC(=O)c1ccc[nH+]c1.[Br-]. The lowest BCUT2D eigenvalue weighted by Crippen LogP contribution is -3.00. The highest BCUT2D eigenvalue weighted by atomic mass is 79.9. The van der Waals surface area contributed by atoms with Crippen LogP contribution in [-0.4, -0.2) is 11.8 Å². The number of rotatable bonds is 3. The Kier molecular flexibility index (Phi) is 6.35. The standard InChI is InChI=1S/C14H11ClN2O2.BrH/c15-12-5-3-10(4-6-12)8-13(18)17-14(19)11-2-1-7-16-9-11;/h1-7,9H,8H2,(H,17,18,19);1H. The average molecular weight is 356 g/mol. The van der Waals surface area contributed by atoms with E-state index in [0.717, 1.165) is 5.56 Å². The molecule has 6 heteroatoms. The van der Waals surface area contributed by atoms with Crippen molar-refractivity contribution in [2.45, 2.75) is 6.42 Å². The molecule has 1 heterocycles. The molecule has 0 fully saturated rings. The minimum absolute atomic E-state index is 0. The molecule has 0 saturated carbocycles. The third kappa shape index (κ3) is 4.75. The molecule has 0 unspecified atom stereocenters. The number of carbonyl (C=O) groups is 2. The third-order valence-corrected chi connectivity index (χ3v) is 2.75. The number of H-pyrrole nitrogens is 1. The molecule has 0 radical (unpaired) electrons. The number of imide groups is 1. The maximum Gasteiger partial charge on any atom is 0.263 e. The summed E-state index contributed by atoms with van der Waals surface area (Å²) in [4.78, 5) is 26.2. The molecule has 2 rings (SSSR count). The van der Waals surface area contributed by atoms with E-state index < -0.39 is 5.91 Å². The quantitative estimate of drug-likeness (QED) is 0.741. The van der Waals surface area contributed by atoms with E-state index in [2.05, 4.69) is 10.3 Å². The number of nitrogens with one attached hydrogen (secondary N) is 2. The highest BCUT2D eigenvalue weighted by Gasteiger charge is 2.12. The van der Waals surface area contributed by atoms with Crippen LogP contribution in [0.15, 0.2) is 48.8 Å². The Labute approximate surface area is 131 Å². The predicted octanol–water partition coefficient (Wildman–Crippen LogP) is -1.34. The summed E-state index contributed by atoms with van der Waals surface area (Å²) in [5.41, 5.74) is 1.21. The number of pyridine rings is 1. The summed E-state index contributed by atoms with van der Waals surface area (Å²) < 4.78 is 0. The molecular formula is C14H12BrClN2O2. The number of hydrogen-bond acceptors (Lipinski definition) is 2. The van der Waals surface area contributed by atoms with Gasteiger partial charge in [0.1, 0.15) is 5.56 Å². The molecule has 0 saturated heterocycles. The van der Waals surface area contributed by atoms with E-state index in [1.165, 1.54) is 6.20 Å². The van der Waals surface area contributed by atoms with Gasteiger partial charge in [-0.2, -0.15) is 0 Å². The van der Waals surface area contributed by atoms with Crippen molar-refractivity contribution in [2.75, 3.05) is 0 Å². The van der Waals surface area contributed by atoms with Crippen LogP contribution in [0.4, 0.5) is 0 Å². The Morgan fingerprint density at radius 1 is 1.15 bits per heavy atom. The van der Waals surface area contributed by atoms with Crippen LogP contribution in [0.25, 0.3) is 0 Å². The molecule has 20 heavy (non-hydrogen) atoms. The van der Waals surface area contributed by atoms with Gasteiger partial charge in [0.2, 0.25) is 5.91 Å². The van der Waals surface area contributed by atoms with Crippen molar-refractivity contribution in [3.63, 3.8) is 0 Å². The van der Waals surface area contributed by atoms with Gasteiger partial charge < -0.3 is 17.0 Å². The molecule has 2 N–H and O–H groups in total. The van der Waals surface area contributed by atoms with Gasteiger partial charge in [-0.05, 0) is 23.8 Å². The average Bonchev–Trinajstić information content (AvgIpc) is 2.42. The van der Waals surface area contributed by atoms with E-state index in [9.17, 15) is 9.59 Å². The van der Waals surface area contributed by atoms with Crippen LogP contribution in [0.5, 0.6) is 0 Å².